The molecule has 1 N–H and O–H groups in total. The minimum absolute atomic E-state index is 0.0145. The van der Waals surface area contributed by atoms with Crippen LogP contribution in [0.15, 0.2) is 33.5 Å². The Hall–Kier alpha value is -1.93. The third kappa shape index (κ3) is 3.93. The van der Waals surface area contributed by atoms with Gasteiger partial charge in [-0.3, -0.25) is 9.59 Å². The van der Waals surface area contributed by atoms with E-state index in [1.807, 2.05) is 0 Å². The SMILES string of the molecule is COC1=CC2=NC(CSCC(=O)NC3CC3)=NC(=O)C2=CC1OC. The van der Waals surface area contributed by atoms with Gasteiger partial charge in [0.05, 0.1) is 29.9 Å². The van der Waals surface area contributed by atoms with Crippen LogP contribution in [-0.2, 0) is 19.1 Å². The molecule has 8 heteroatoms. The molecule has 1 fully saturated rings. The van der Waals surface area contributed by atoms with Crippen molar-refractivity contribution in [2.45, 2.75) is 25.0 Å². The number of allylic oxidation sites excluding steroid dienone is 1. The van der Waals surface area contributed by atoms with Crippen molar-refractivity contribution in [3.8, 4) is 0 Å². The Balaban J connectivity index is 1.62. The molecule has 1 unspecified atom stereocenters. The monoisotopic (exact) mass is 349 g/mol. The summed E-state index contributed by atoms with van der Waals surface area (Å²) in [5.41, 5.74) is 0.945. The maximum Gasteiger partial charge on any atom is 0.280 e. The number of nitrogens with one attached hydrogen (secondary N) is 1. The second-order valence-corrected chi connectivity index (χ2v) is 6.64. The number of fused-ring (bicyclic) bond motifs is 1. The molecule has 24 heavy (non-hydrogen) atoms. The van der Waals surface area contributed by atoms with Crippen LogP contribution in [0.1, 0.15) is 12.8 Å². The molecule has 0 aromatic heterocycles. The van der Waals surface area contributed by atoms with Crippen molar-refractivity contribution < 1.29 is 19.1 Å². The van der Waals surface area contributed by atoms with E-state index in [-0.39, 0.29) is 11.8 Å². The Morgan fingerprint density at radius 2 is 2.17 bits per heavy atom. The molecule has 2 amide bonds. The molecule has 0 aromatic rings. The van der Waals surface area contributed by atoms with E-state index in [2.05, 4.69) is 15.3 Å². The molecule has 0 aromatic carbocycles. The summed E-state index contributed by atoms with van der Waals surface area (Å²) >= 11 is 1.39. The van der Waals surface area contributed by atoms with Gasteiger partial charge in [0.1, 0.15) is 17.7 Å². The molecule has 0 bridgehead atoms. The molecule has 3 aliphatic rings. The van der Waals surface area contributed by atoms with Gasteiger partial charge in [-0.1, -0.05) is 0 Å². The summed E-state index contributed by atoms with van der Waals surface area (Å²) in [5.74, 6) is 1.42. The number of hydrogen-bond acceptors (Lipinski definition) is 6. The minimum Gasteiger partial charge on any atom is -0.498 e. The number of amidine groups is 1. The van der Waals surface area contributed by atoms with Gasteiger partial charge in [-0.25, -0.2) is 4.99 Å². The number of carbonyl (C=O) groups excluding carboxylic acids is 2. The molecule has 128 valence electrons. The van der Waals surface area contributed by atoms with Crippen molar-refractivity contribution in [1.29, 1.82) is 0 Å². The quantitative estimate of drug-likeness (QED) is 0.736. The zero-order valence-corrected chi connectivity index (χ0v) is 14.4. The van der Waals surface area contributed by atoms with Crippen molar-refractivity contribution in [3.05, 3.63) is 23.5 Å². The third-order valence-corrected chi connectivity index (χ3v) is 4.69. The summed E-state index contributed by atoms with van der Waals surface area (Å²) in [6.07, 6.45) is 5.08. The highest BCUT2D eigenvalue weighted by atomic mass is 32.2. The first-order valence-corrected chi connectivity index (χ1v) is 8.84. The highest BCUT2D eigenvalue weighted by Gasteiger charge is 2.29. The Kier molecular flexibility index (Phi) is 5.15. The lowest BCUT2D eigenvalue weighted by atomic mass is 9.99. The Morgan fingerprint density at radius 1 is 1.38 bits per heavy atom. The summed E-state index contributed by atoms with van der Waals surface area (Å²) in [6, 6.07) is 0.355. The Labute approximate surface area is 144 Å². The van der Waals surface area contributed by atoms with Crippen molar-refractivity contribution in [2.24, 2.45) is 9.98 Å². The summed E-state index contributed by atoms with van der Waals surface area (Å²) in [4.78, 5) is 32.3. The maximum absolute atomic E-state index is 12.2. The molecule has 0 spiro atoms. The average molecular weight is 349 g/mol. The van der Waals surface area contributed by atoms with Crippen LogP contribution in [0.2, 0.25) is 0 Å². The van der Waals surface area contributed by atoms with Crippen molar-refractivity contribution >= 4 is 35.1 Å². The smallest absolute Gasteiger partial charge is 0.280 e. The summed E-state index contributed by atoms with van der Waals surface area (Å²) in [7, 11) is 3.09. The van der Waals surface area contributed by atoms with Gasteiger partial charge in [0.15, 0.2) is 0 Å². The van der Waals surface area contributed by atoms with Crippen LogP contribution in [-0.4, -0.2) is 61.2 Å². The van der Waals surface area contributed by atoms with E-state index in [1.54, 1.807) is 26.4 Å². The molecule has 0 saturated heterocycles. The summed E-state index contributed by atoms with van der Waals surface area (Å²) in [6.45, 7) is 0. The number of hydrogen-bond donors (Lipinski definition) is 1. The first kappa shape index (κ1) is 16.9. The van der Waals surface area contributed by atoms with E-state index in [9.17, 15) is 9.59 Å². The molecule has 0 radical (unpaired) electrons. The first-order chi connectivity index (χ1) is 11.6. The van der Waals surface area contributed by atoms with Crippen LogP contribution in [0.3, 0.4) is 0 Å². The lowest BCUT2D eigenvalue weighted by molar-refractivity contribution is -0.118. The summed E-state index contributed by atoms with van der Waals surface area (Å²) in [5, 5.41) is 2.92. The van der Waals surface area contributed by atoms with E-state index >= 15 is 0 Å². The minimum atomic E-state index is -0.412. The Morgan fingerprint density at radius 3 is 2.83 bits per heavy atom. The van der Waals surface area contributed by atoms with Gasteiger partial charge in [0.2, 0.25) is 5.91 Å². The van der Waals surface area contributed by atoms with Crippen LogP contribution in [0.5, 0.6) is 0 Å². The second-order valence-electron chi connectivity index (χ2n) is 5.65. The zero-order valence-electron chi connectivity index (χ0n) is 13.6. The highest BCUT2D eigenvalue weighted by molar-refractivity contribution is 8.00. The van der Waals surface area contributed by atoms with Gasteiger partial charge in [0.25, 0.3) is 5.91 Å². The lowest BCUT2D eigenvalue weighted by Gasteiger charge is -2.22. The third-order valence-electron chi connectivity index (χ3n) is 3.76. The molecule has 1 aliphatic heterocycles. The van der Waals surface area contributed by atoms with Crippen molar-refractivity contribution in [2.75, 3.05) is 25.7 Å². The first-order valence-electron chi connectivity index (χ1n) is 7.69. The number of nitrogens with zero attached hydrogens (tertiary/aromatic N) is 2. The molecule has 1 heterocycles. The molecule has 3 rings (SSSR count). The van der Waals surface area contributed by atoms with E-state index in [4.69, 9.17) is 9.47 Å². The number of aliphatic imine (C=N–C) groups is 2. The molecule has 1 saturated carbocycles. The van der Waals surface area contributed by atoms with Crippen molar-refractivity contribution in [3.63, 3.8) is 0 Å². The van der Waals surface area contributed by atoms with Crippen molar-refractivity contribution in [1.82, 2.24) is 5.32 Å². The number of thioether (sulfide) groups is 1. The average Bonchev–Trinajstić information content (AvgIpc) is 3.37. The number of amides is 2. The fourth-order valence-electron chi connectivity index (χ4n) is 2.38. The standard InChI is InChI=1S/C16H19N3O4S/c1-22-12-5-10-11(6-13(12)23-2)18-14(19-16(10)21)7-24-8-15(20)17-9-3-4-9/h5-6,9,12H,3-4,7-8H2,1-2H3,(H,17,20). The van der Waals surface area contributed by atoms with Gasteiger partial charge in [-0.2, -0.15) is 4.99 Å². The zero-order chi connectivity index (χ0) is 17.1. The van der Waals surface area contributed by atoms with Gasteiger partial charge >= 0.3 is 0 Å². The maximum atomic E-state index is 12.2. The fourth-order valence-corrected chi connectivity index (χ4v) is 3.07. The van der Waals surface area contributed by atoms with Gasteiger partial charge in [-0.15, -0.1) is 11.8 Å². The van der Waals surface area contributed by atoms with E-state index in [1.165, 1.54) is 11.8 Å². The van der Waals surface area contributed by atoms with E-state index in [0.717, 1.165) is 12.8 Å². The number of carbonyl (C=O) groups is 2. The lowest BCUT2D eigenvalue weighted by Crippen LogP contribution is -2.29. The number of rotatable bonds is 7. The molecule has 2 aliphatic carbocycles. The fraction of sp³-hybridized carbons (Fsp3) is 0.500. The normalized spacial score (nSPS) is 22.8. The molecule has 1 atom stereocenters. The topological polar surface area (TPSA) is 89.4 Å². The predicted molar refractivity (Wildman–Crippen MR) is 92.3 cm³/mol. The second kappa shape index (κ2) is 7.31. The summed E-state index contributed by atoms with van der Waals surface area (Å²) < 4.78 is 10.5. The van der Waals surface area contributed by atoms with Gasteiger partial charge < -0.3 is 14.8 Å². The van der Waals surface area contributed by atoms with Crippen LogP contribution >= 0.6 is 11.8 Å². The largest absolute Gasteiger partial charge is 0.498 e. The van der Waals surface area contributed by atoms with E-state index in [0.29, 0.717) is 40.4 Å². The number of methoxy groups -OCH3 is 2. The predicted octanol–water partition coefficient (Wildman–Crippen LogP) is 0.863. The van der Waals surface area contributed by atoms with Crippen LogP contribution in [0.4, 0.5) is 0 Å². The molecule has 7 nitrogen and oxygen atoms in total. The Bertz CT molecular complexity index is 677. The highest BCUT2D eigenvalue weighted by Crippen LogP contribution is 2.23. The van der Waals surface area contributed by atoms with E-state index < -0.39 is 6.10 Å². The molecular weight excluding hydrogens is 330 g/mol. The van der Waals surface area contributed by atoms with Gasteiger partial charge in [-0.05, 0) is 18.9 Å². The molecular formula is C16H19N3O4S. The van der Waals surface area contributed by atoms with Crippen LogP contribution in [0.25, 0.3) is 0 Å². The van der Waals surface area contributed by atoms with Crippen LogP contribution < -0.4 is 5.32 Å². The van der Waals surface area contributed by atoms with Crippen LogP contribution in [0, 0.1) is 0 Å². The number of ether oxygens (including phenoxy) is 2. The van der Waals surface area contributed by atoms with Gasteiger partial charge in [0, 0.05) is 19.2 Å².